The summed E-state index contributed by atoms with van der Waals surface area (Å²) in [6, 6.07) is 17.0. The van der Waals surface area contributed by atoms with Gasteiger partial charge in [0.15, 0.2) is 5.78 Å². The Morgan fingerprint density at radius 2 is 1.80 bits per heavy atom. The highest BCUT2D eigenvalue weighted by atomic mass is 16.2. The molecule has 5 heteroatoms. The normalized spacial score (nSPS) is 18.0. The monoisotopic (exact) mass is 337 g/mol. The van der Waals surface area contributed by atoms with Crippen molar-refractivity contribution in [3.8, 4) is 0 Å². The molecule has 1 N–H and O–H groups in total. The van der Waals surface area contributed by atoms with Crippen molar-refractivity contribution in [3.05, 3.63) is 65.7 Å². The SMILES string of the molecule is CC(=O)c1cccc(NC(=O)N2CCN(C)C[C@H]2c2ccccc2)c1. The zero-order chi connectivity index (χ0) is 17.8. The number of rotatable bonds is 3. The van der Waals surface area contributed by atoms with E-state index in [0.29, 0.717) is 17.8 Å². The lowest BCUT2D eigenvalue weighted by Crippen LogP contribution is -2.50. The molecule has 1 saturated heterocycles. The Kier molecular flexibility index (Phi) is 5.14. The predicted octanol–water partition coefficient (Wildman–Crippen LogP) is 3.41. The van der Waals surface area contributed by atoms with Gasteiger partial charge in [0.2, 0.25) is 0 Å². The van der Waals surface area contributed by atoms with Crippen LogP contribution in [0.2, 0.25) is 0 Å². The first-order chi connectivity index (χ1) is 12.0. The Balaban J connectivity index is 1.79. The van der Waals surface area contributed by atoms with Crippen LogP contribution in [-0.2, 0) is 0 Å². The van der Waals surface area contributed by atoms with Crippen LogP contribution in [0.15, 0.2) is 54.6 Å². The molecule has 1 fully saturated rings. The minimum Gasteiger partial charge on any atom is -0.315 e. The van der Waals surface area contributed by atoms with Gasteiger partial charge < -0.3 is 15.1 Å². The van der Waals surface area contributed by atoms with Gasteiger partial charge in [0.1, 0.15) is 0 Å². The van der Waals surface area contributed by atoms with Gasteiger partial charge in [-0.1, -0.05) is 42.5 Å². The lowest BCUT2D eigenvalue weighted by atomic mass is 10.0. The molecule has 1 aliphatic rings. The number of benzene rings is 2. The second-order valence-electron chi connectivity index (χ2n) is 6.45. The largest absolute Gasteiger partial charge is 0.322 e. The van der Waals surface area contributed by atoms with E-state index in [-0.39, 0.29) is 17.9 Å². The first-order valence-corrected chi connectivity index (χ1v) is 8.46. The fourth-order valence-electron chi connectivity index (χ4n) is 3.13. The summed E-state index contributed by atoms with van der Waals surface area (Å²) in [6.45, 7) is 3.82. The molecule has 3 rings (SSSR count). The van der Waals surface area contributed by atoms with E-state index in [1.54, 1.807) is 24.3 Å². The van der Waals surface area contributed by atoms with E-state index >= 15 is 0 Å². The molecule has 0 radical (unpaired) electrons. The number of amides is 2. The third kappa shape index (κ3) is 4.06. The molecule has 2 aromatic rings. The lowest BCUT2D eigenvalue weighted by Gasteiger charge is -2.40. The highest BCUT2D eigenvalue weighted by molar-refractivity contribution is 5.96. The zero-order valence-electron chi connectivity index (χ0n) is 14.6. The van der Waals surface area contributed by atoms with E-state index in [9.17, 15) is 9.59 Å². The van der Waals surface area contributed by atoms with Crippen LogP contribution in [0, 0.1) is 0 Å². The van der Waals surface area contributed by atoms with Gasteiger partial charge >= 0.3 is 6.03 Å². The molecule has 2 amide bonds. The summed E-state index contributed by atoms with van der Waals surface area (Å²) in [5.41, 5.74) is 2.36. The van der Waals surface area contributed by atoms with Crippen LogP contribution in [0.25, 0.3) is 0 Å². The number of urea groups is 1. The van der Waals surface area contributed by atoms with Crippen molar-refractivity contribution in [1.29, 1.82) is 0 Å². The Hall–Kier alpha value is -2.66. The number of carbonyl (C=O) groups excluding carboxylic acids is 2. The fourth-order valence-corrected chi connectivity index (χ4v) is 3.13. The Bertz CT molecular complexity index is 761. The number of hydrogen-bond donors (Lipinski definition) is 1. The molecule has 1 aliphatic heterocycles. The number of nitrogens with one attached hydrogen (secondary N) is 1. The molecule has 1 heterocycles. The van der Waals surface area contributed by atoms with E-state index in [2.05, 4.69) is 29.4 Å². The smallest absolute Gasteiger partial charge is 0.315 e. The number of ketones is 1. The Labute approximate surface area is 148 Å². The van der Waals surface area contributed by atoms with Gasteiger partial charge in [-0.2, -0.15) is 0 Å². The lowest BCUT2D eigenvalue weighted by molar-refractivity contribution is 0.101. The maximum absolute atomic E-state index is 12.9. The van der Waals surface area contributed by atoms with E-state index in [1.165, 1.54) is 6.92 Å². The highest BCUT2D eigenvalue weighted by Gasteiger charge is 2.30. The van der Waals surface area contributed by atoms with Crippen molar-refractivity contribution in [2.24, 2.45) is 0 Å². The minimum absolute atomic E-state index is 0.0101. The second-order valence-corrected chi connectivity index (χ2v) is 6.45. The number of carbonyl (C=O) groups is 2. The molecule has 130 valence electrons. The molecular formula is C20H23N3O2. The molecule has 0 spiro atoms. The third-order valence-corrected chi connectivity index (χ3v) is 4.55. The standard InChI is InChI=1S/C20H23N3O2/c1-15(24)17-9-6-10-18(13-17)21-20(25)23-12-11-22(2)14-19(23)16-7-4-3-5-8-16/h3-10,13,19H,11-12,14H2,1-2H3,(H,21,25)/t19-/m0/s1. The molecule has 1 atom stereocenters. The summed E-state index contributed by atoms with van der Waals surface area (Å²) < 4.78 is 0. The van der Waals surface area contributed by atoms with Crippen LogP contribution in [-0.4, -0.2) is 48.3 Å². The van der Waals surface area contributed by atoms with Crippen molar-refractivity contribution < 1.29 is 9.59 Å². The van der Waals surface area contributed by atoms with Gasteiger partial charge in [0.05, 0.1) is 6.04 Å². The maximum atomic E-state index is 12.9. The number of likely N-dealkylation sites (N-methyl/N-ethyl adjacent to an activating group) is 1. The summed E-state index contributed by atoms with van der Waals surface area (Å²) in [4.78, 5) is 28.5. The zero-order valence-corrected chi connectivity index (χ0v) is 14.6. The predicted molar refractivity (Wildman–Crippen MR) is 98.9 cm³/mol. The van der Waals surface area contributed by atoms with Crippen molar-refractivity contribution in [2.45, 2.75) is 13.0 Å². The van der Waals surface area contributed by atoms with Gasteiger partial charge in [0, 0.05) is 30.9 Å². The first-order valence-electron chi connectivity index (χ1n) is 8.46. The summed E-state index contributed by atoms with van der Waals surface area (Å²) in [5, 5.41) is 2.94. The Morgan fingerprint density at radius 3 is 2.52 bits per heavy atom. The van der Waals surface area contributed by atoms with Gasteiger partial charge in [-0.15, -0.1) is 0 Å². The average Bonchev–Trinajstić information content (AvgIpc) is 2.62. The topological polar surface area (TPSA) is 52.7 Å². The van der Waals surface area contributed by atoms with Gasteiger partial charge in [-0.25, -0.2) is 4.79 Å². The van der Waals surface area contributed by atoms with Crippen molar-refractivity contribution in [2.75, 3.05) is 32.0 Å². The maximum Gasteiger partial charge on any atom is 0.322 e. The van der Waals surface area contributed by atoms with Crippen LogP contribution < -0.4 is 5.32 Å². The quantitative estimate of drug-likeness (QED) is 0.873. The van der Waals surface area contributed by atoms with E-state index in [4.69, 9.17) is 0 Å². The molecule has 0 unspecified atom stereocenters. The number of nitrogens with zero attached hydrogens (tertiary/aromatic N) is 2. The molecule has 2 aromatic carbocycles. The highest BCUT2D eigenvalue weighted by Crippen LogP contribution is 2.25. The number of piperazine rings is 1. The molecule has 0 saturated carbocycles. The van der Waals surface area contributed by atoms with E-state index in [1.807, 2.05) is 23.1 Å². The molecule has 0 aromatic heterocycles. The Morgan fingerprint density at radius 1 is 1.04 bits per heavy atom. The van der Waals surface area contributed by atoms with Crippen LogP contribution in [0.3, 0.4) is 0 Å². The van der Waals surface area contributed by atoms with Crippen LogP contribution >= 0.6 is 0 Å². The third-order valence-electron chi connectivity index (χ3n) is 4.55. The second kappa shape index (κ2) is 7.49. The summed E-state index contributed by atoms with van der Waals surface area (Å²) >= 11 is 0. The van der Waals surface area contributed by atoms with Crippen LogP contribution in [0.4, 0.5) is 10.5 Å². The molecule has 25 heavy (non-hydrogen) atoms. The molecular weight excluding hydrogens is 314 g/mol. The minimum atomic E-state index is -0.136. The first kappa shape index (κ1) is 17.2. The average molecular weight is 337 g/mol. The molecule has 5 nitrogen and oxygen atoms in total. The van der Waals surface area contributed by atoms with Crippen LogP contribution in [0.1, 0.15) is 28.9 Å². The number of hydrogen-bond acceptors (Lipinski definition) is 3. The summed E-state index contributed by atoms with van der Waals surface area (Å²) in [7, 11) is 2.07. The van der Waals surface area contributed by atoms with E-state index in [0.717, 1.165) is 18.7 Å². The molecule has 0 bridgehead atoms. The van der Waals surface area contributed by atoms with Gasteiger partial charge in [-0.05, 0) is 31.7 Å². The van der Waals surface area contributed by atoms with Crippen molar-refractivity contribution in [3.63, 3.8) is 0 Å². The fraction of sp³-hybridized carbons (Fsp3) is 0.300. The van der Waals surface area contributed by atoms with E-state index < -0.39 is 0 Å². The summed E-state index contributed by atoms with van der Waals surface area (Å²) in [6.07, 6.45) is 0. The van der Waals surface area contributed by atoms with Gasteiger partial charge in [0.25, 0.3) is 0 Å². The van der Waals surface area contributed by atoms with Crippen molar-refractivity contribution in [1.82, 2.24) is 9.80 Å². The number of Topliss-reactive ketones (excluding diaryl/α,β-unsaturated/α-hetero) is 1. The van der Waals surface area contributed by atoms with Crippen molar-refractivity contribution >= 4 is 17.5 Å². The number of anilines is 1. The van der Waals surface area contributed by atoms with Gasteiger partial charge in [-0.3, -0.25) is 4.79 Å². The summed E-state index contributed by atoms with van der Waals surface area (Å²) in [5.74, 6) is -0.0159. The van der Waals surface area contributed by atoms with Crippen LogP contribution in [0.5, 0.6) is 0 Å². The molecule has 0 aliphatic carbocycles.